The maximum absolute atomic E-state index is 12.4. The summed E-state index contributed by atoms with van der Waals surface area (Å²) in [6, 6.07) is 0.0743. The molecule has 5 nitrogen and oxygen atoms in total. The Morgan fingerprint density at radius 1 is 1.41 bits per heavy atom. The smallest absolute Gasteiger partial charge is 0.317 e. The number of carbonyl (C=O) groups excluding carboxylic acids is 1. The van der Waals surface area contributed by atoms with Gasteiger partial charge >= 0.3 is 6.03 Å². The van der Waals surface area contributed by atoms with Gasteiger partial charge < -0.3 is 19.9 Å². The Morgan fingerprint density at radius 2 is 2.18 bits per heavy atom. The van der Waals surface area contributed by atoms with Crippen LogP contribution in [0.3, 0.4) is 0 Å². The molecule has 0 aromatic rings. The molecule has 2 aliphatic rings. The Hall–Kier alpha value is -0.810. The molecule has 0 aliphatic carbocycles. The molecule has 1 N–H and O–H groups in total. The van der Waals surface area contributed by atoms with Gasteiger partial charge in [0.1, 0.15) is 0 Å². The highest BCUT2D eigenvalue weighted by atomic mass is 16.5. The summed E-state index contributed by atoms with van der Waals surface area (Å²) in [5.74, 6) is 1.31. The largest absolute Gasteiger partial charge is 0.372 e. The first-order valence-corrected chi connectivity index (χ1v) is 8.81. The van der Waals surface area contributed by atoms with Crippen molar-refractivity contribution in [3.8, 4) is 0 Å². The number of urea groups is 1. The molecule has 0 spiro atoms. The van der Waals surface area contributed by atoms with Gasteiger partial charge in [0, 0.05) is 26.2 Å². The van der Waals surface area contributed by atoms with Crippen molar-refractivity contribution in [2.24, 2.45) is 11.8 Å². The number of amides is 2. The number of rotatable bonds is 5. The molecule has 0 bridgehead atoms. The zero-order valence-corrected chi connectivity index (χ0v) is 14.7. The topological polar surface area (TPSA) is 44.8 Å². The summed E-state index contributed by atoms with van der Waals surface area (Å²) in [6.45, 7) is 15.0. The van der Waals surface area contributed by atoms with Gasteiger partial charge in [-0.1, -0.05) is 20.8 Å². The molecule has 2 rings (SSSR count). The average molecular weight is 311 g/mol. The maximum Gasteiger partial charge on any atom is 0.317 e. The number of hydrogen-bond acceptors (Lipinski definition) is 3. The highest BCUT2D eigenvalue weighted by Crippen LogP contribution is 2.21. The van der Waals surface area contributed by atoms with Gasteiger partial charge in [0.25, 0.3) is 0 Å². The fourth-order valence-electron chi connectivity index (χ4n) is 3.42. The summed E-state index contributed by atoms with van der Waals surface area (Å²) >= 11 is 0. The van der Waals surface area contributed by atoms with Gasteiger partial charge in [0.05, 0.1) is 18.8 Å². The first kappa shape index (κ1) is 17.5. The van der Waals surface area contributed by atoms with Crippen LogP contribution >= 0.6 is 0 Å². The summed E-state index contributed by atoms with van der Waals surface area (Å²) in [5.41, 5.74) is -0.184. The molecule has 2 heterocycles. The van der Waals surface area contributed by atoms with E-state index in [0.717, 1.165) is 19.5 Å². The van der Waals surface area contributed by atoms with Crippen LogP contribution in [-0.2, 0) is 4.74 Å². The monoisotopic (exact) mass is 311 g/mol. The van der Waals surface area contributed by atoms with E-state index in [1.165, 1.54) is 19.5 Å². The fourth-order valence-corrected chi connectivity index (χ4v) is 3.42. The van der Waals surface area contributed by atoms with Gasteiger partial charge in [-0.2, -0.15) is 0 Å². The Morgan fingerprint density at radius 3 is 2.86 bits per heavy atom. The van der Waals surface area contributed by atoms with Gasteiger partial charge in [-0.15, -0.1) is 0 Å². The molecule has 2 amide bonds. The molecule has 128 valence electrons. The number of nitrogens with zero attached hydrogens (tertiary/aromatic N) is 2. The molecule has 2 saturated heterocycles. The van der Waals surface area contributed by atoms with Crippen molar-refractivity contribution in [2.75, 3.05) is 45.9 Å². The number of morpholine rings is 1. The van der Waals surface area contributed by atoms with Crippen LogP contribution in [-0.4, -0.2) is 67.3 Å². The second kappa shape index (κ2) is 7.64. The van der Waals surface area contributed by atoms with E-state index in [1.54, 1.807) is 0 Å². The molecule has 0 saturated carbocycles. The van der Waals surface area contributed by atoms with Crippen LogP contribution in [0.4, 0.5) is 4.79 Å². The lowest BCUT2D eigenvalue weighted by Crippen LogP contribution is -2.54. The Balaban J connectivity index is 1.72. The van der Waals surface area contributed by atoms with Gasteiger partial charge in [-0.05, 0) is 38.1 Å². The predicted molar refractivity (Wildman–Crippen MR) is 89.0 cm³/mol. The molecule has 0 radical (unpaired) electrons. The molecule has 2 aliphatic heterocycles. The SMILES string of the molecule is CCC1(C)CN(C(=O)NCC2CCN(CC(C)C)C2)CCO1. The highest BCUT2D eigenvalue weighted by Gasteiger charge is 2.33. The third kappa shape index (κ3) is 4.85. The van der Waals surface area contributed by atoms with Crippen molar-refractivity contribution in [1.82, 2.24) is 15.1 Å². The van der Waals surface area contributed by atoms with E-state index < -0.39 is 0 Å². The van der Waals surface area contributed by atoms with E-state index in [2.05, 4.69) is 37.9 Å². The van der Waals surface area contributed by atoms with Crippen LogP contribution in [0.5, 0.6) is 0 Å². The van der Waals surface area contributed by atoms with Gasteiger partial charge in [-0.3, -0.25) is 0 Å². The molecule has 5 heteroatoms. The molecular weight excluding hydrogens is 278 g/mol. The molecule has 2 unspecified atom stereocenters. The number of carbonyl (C=O) groups is 1. The fraction of sp³-hybridized carbons (Fsp3) is 0.941. The van der Waals surface area contributed by atoms with Crippen molar-refractivity contribution < 1.29 is 9.53 Å². The van der Waals surface area contributed by atoms with Crippen LogP contribution in [0, 0.1) is 11.8 Å². The summed E-state index contributed by atoms with van der Waals surface area (Å²) in [7, 11) is 0. The summed E-state index contributed by atoms with van der Waals surface area (Å²) < 4.78 is 5.80. The minimum absolute atomic E-state index is 0.0743. The molecule has 2 atom stereocenters. The van der Waals surface area contributed by atoms with E-state index in [-0.39, 0.29) is 11.6 Å². The van der Waals surface area contributed by atoms with E-state index in [0.29, 0.717) is 31.5 Å². The van der Waals surface area contributed by atoms with Crippen LogP contribution in [0.15, 0.2) is 0 Å². The second-order valence-corrected chi connectivity index (χ2v) is 7.57. The quantitative estimate of drug-likeness (QED) is 0.846. The van der Waals surface area contributed by atoms with Crippen molar-refractivity contribution in [2.45, 2.75) is 46.1 Å². The summed E-state index contributed by atoms with van der Waals surface area (Å²) in [6.07, 6.45) is 2.13. The van der Waals surface area contributed by atoms with Crippen molar-refractivity contribution in [3.63, 3.8) is 0 Å². The Bertz CT molecular complexity index is 375. The number of likely N-dealkylation sites (tertiary alicyclic amines) is 1. The van der Waals surface area contributed by atoms with Gasteiger partial charge in [-0.25, -0.2) is 4.79 Å². The van der Waals surface area contributed by atoms with Crippen molar-refractivity contribution in [1.29, 1.82) is 0 Å². The Kier molecular flexibility index (Phi) is 6.09. The lowest BCUT2D eigenvalue weighted by Gasteiger charge is -2.40. The number of hydrogen-bond donors (Lipinski definition) is 1. The molecule has 0 aromatic carbocycles. The zero-order chi connectivity index (χ0) is 16.2. The minimum Gasteiger partial charge on any atom is -0.372 e. The summed E-state index contributed by atoms with van der Waals surface area (Å²) in [4.78, 5) is 16.8. The molecule has 0 aromatic heterocycles. The molecule has 2 fully saturated rings. The predicted octanol–water partition coefficient (Wildman–Crippen LogP) is 2.17. The third-order valence-electron chi connectivity index (χ3n) is 4.91. The highest BCUT2D eigenvalue weighted by molar-refractivity contribution is 5.74. The first-order valence-electron chi connectivity index (χ1n) is 8.81. The molecular formula is C17H33N3O2. The zero-order valence-electron chi connectivity index (χ0n) is 14.7. The molecule has 22 heavy (non-hydrogen) atoms. The lowest BCUT2D eigenvalue weighted by molar-refractivity contribution is -0.0872. The third-order valence-corrected chi connectivity index (χ3v) is 4.91. The van der Waals surface area contributed by atoms with E-state index in [9.17, 15) is 4.79 Å². The van der Waals surface area contributed by atoms with Crippen molar-refractivity contribution >= 4 is 6.03 Å². The first-order chi connectivity index (χ1) is 10.4. The normalized spacial score (nSPS) is 30.0. The average Bonchev–Trinajstić information content (AvgIpc) is 2.91. The number of nitrogens with one attached hydrogen (secondary N) is 1. The minimum atomic E-state index is -0.184. The standard InChI is InChI=1S/C17H33N3O2/c1-5-17(4)13-20(8-9-22-17)16(21)18-10-15-6-7-19(12-15)11-14(2)3/h14-15H,5-13H2,1-4H3,(H,18,21). The number of ether oxygens (including phenoxy) is 1. The summed E-state index contributed by atoms with van der Waals surface area (Å²) in [5, 5.41) is 3.13. The maximum atomic E-state index is 12.4. The second-order valence-electron chi connectivity index (χ2n) is 7.57. The van der Waals surface area contributed by atoms with Crippen LogP contribution in [0.2, 0.25) is 0 Å². The van der Waals surface area contributed by atoms with Crippen LogP contribution < -0.4 is 5.32 Å². The Labute approximate surface area is 135 Å². The van der Waals surface area contributed by atoms with E-state index in [1.807, 2.05) is 4.90 Å². The van der Waals surface area contributed by atoms with E-state index in [4.69, 9.17) is 4.74 Å². The van der Waals surface area contributed by atoms with Crippen LogP contribution in [0.25, 0.3) is 0 Å². The lowest BCUT2D eigenvalue weighted by atomic mass is 10.0. The van der Waals surface area contributed by atoms with Gasteiger partial charge in [0.15, 0.2) is 0 Å². The van der Waals surface area contributed by atoms with Gasteiger partial charge in [0.2, 0.25) is 0 Å². The van der Waals surface area contributed by atoms with Crippen LogP contribution in [0.1, 0.15) is 40.5 Å². The van der Waals surface area contributed by atoms with Crippen molar-refractivity contribution in [3.05, 3.63) is 0 Å². The van der Waals surface area contributed by atoms with E-state index >= 15 is 0 Å².